The van der Waals surface area contributed by atoms with Crippen LogP contribution in [0, 0.1) is 5.92 Å². The quantitative estimate of drug-likeness (QED) is 0.283. The number of hydrogen-bond donors (Lipinski definition) is 5. The molecule has 2 aromatic rings. The molecule has 9 heteroatoms. The first-order chi connectivity index (χ1) is 17.1. The van der Waals surface area contributed by atoms with E-state index >= 15 is 0 Å². The highest BCUT2D eigenvalue weighted by atomic mass is 16.4. The molecule has 0 fully saturated rings. The van der Waals surface area contributed by atoms with Crippen LogP contribution in [0.4, 0.5) is 0 Å². The number of nitrogens with two attached hydrogens (primary N) is 1. The van der Waals surface area contributed by atoms with Crippen molar-refractivity contribution < 1.29 is 24.3 Å². The smallest absolute Gasteiger partial charge is 0.325 e. The summed E-state index contributed by atoms with van der Waals surface area (Å²) < 4.78 is 0. The number of nitrogens with one attached hydrogen (secondary N) is 3. The fraction of sp³-hybridized carbons (Fsp3) is 0.407. The van der Waals surface area contributed by atoms with E-state index in [4.69, 9.17) is 10.8 Å². The molecule has 6 N–H and O–H groups in total. The van der Waals surface area contributed by atoms with Crippen molar-refractivity contribution >= 4 is 23.7 Å². The molecule has 4 atom stereocenters. The first-order valence-electron chi connectivity index (χ1n) is 12.0. The lowest BCUT2D eigenvalue weighted by atomic mass is 10.00. The van der Waals surface area contributed by atoms with Crippen LogP contribution >= 0.6 is 0 Å². The molecule has 0 bridgehead atoms. The van der Waals surface area contributed by atoms with Crippen LogP contribution in [-0.4, -0.2) is 53.0 Å². The zero-order valence-electron chi connectivity index (χ0n) is 20.9. The summed E-state index contributed by atoms with van der Waals surface area (Å²) in [6.07, 6.45) is 0.791. The molecule has 36 heavy (non-hydrogen) atoms. The van der Waals surface area contributed by atoms with Crippen molar-refractivity contribution in [2.45, 2.75) is 64.2 Å². The Labute approximate surface area is 211 Å². The Hall–Kier alpha value is -3.72. The highest BCUT2D eigenvalue weighted by Crippen LogP contribution is 2.09. The molecule has 3 amide bonds. The lowest BCUT2D eigenvalue weighted by Crippen LogP contribution is -2.57. The maximum atomic E-state index is 13.3. The van der Waals surface area contributed by atoms with E-state index in [1.807, 2.05) is 74.5 Å². The molecule has 2 aromatic carbocycles. The zero-order valence-corrected chi connectivity index (χ0v) is 20.9. The summed E-state index contributed by atoms with van der Waals surface area (Å²) in [6.45, 7) is 5.12. The van der Waals surface area contributed by atoms with Gasteiger partial charge < -0.3 is 26.8 Å². The molecule has 9 nitrogen and oxygen atoms in total. The van der Waals surface area contributed by atoms with E-state index in [9.17, 15) is 19.2 Å². The van der Waals surface area contributed by atoms with E-state index in [0.29, 0.717) is 12.8 Å². The van der Waals surface area contributed by atoms with Crippen LogP contribution in [0.25, 0.3) is 0 Å². The van der Waals surface area contributed by atoms with E-state index in [0.717, 1.165) is 11.1 Å². The van der Waals surface area contributed by atoms with Crippen LogP contribution in [-0.2, 0) is 32.0 Å². The van der Waals surface area contributed by atoms with E-state index in [2.05, 4.69) is 16.0 Å². The summed E-state index contributed by atoms with van der Waals surface area (Å²) in [5.41, 5.74) is 7.84. The normalized spacial score (nSPS) is 14.2. The minimum atomic E-state index is -1.18. The summed E-state index contributed by atoms with van der Waals surface area (Å²) in [5.74, 6) is -2.78. The zero-order chi connectivity index (χ0) is 26.7. The van der Waals surface area contributed by atoms with Gasteiger partial charge in [-0.3, -0.25) is 19.2 Å². The molecule has 0 radical (unpaired) electrons. The average molecular weight is 497 g/mol. The van der Waals surface area contributed by atoms with Gasteiger partial charge in [0.2, 0.25) is 17.7 Å². The minimum absolute atomic E-state index is 0.0441. The molecular formula is C27H36N4O5. The molecular weight excluding hydrogens is 460 g/mol. The second kappa shape index (κ2) is 14.0. The maximum absolute atomic E-state index is 13.3. The highest BCUT2D eigenvalue weighted by Gasteiger charge is 2.30. The molecule has 2 rings (SSSR count). The SMILES string of the molecule is CC(C)CC(NC(=O)C(Cc1ccccc1)NC(=O)C(N)Cc1ccccc1)C(=O)NC(C)C(=O)O. The van der Waals surface area contributed by atoms with Crippen LogP contribution in [0.1, 0.15) is 38.3 Å². The molecule has 0 spiro atoms. The van der Waals surface area contributed by atoms with Crippen molar-refractivity contribution in [3.8, 4) is 0 Å². The average Bonchev–Trinajstić information content (AvgIpc) is 2.83. The molecule has 4 unspecified atom stereocenters. The third kappa shape index (κ3) is 9.50. The molecule has 0 saturated heterocycles. The Bertz CT molecular complexity index is 1010. The summed E-state index contributed by atoms with van der Waals surface area (Å²) in [5, 5.41) is 17.0. The predicted octanol–water partition coefficient (Wildman–Crippen LogP) is 1.40. The summed E-state index contributed by atoms with van der Waals surface area (Å²) in [6, 6.07) is 14.6. The van der Waals surface area contributed by atoms with E-state index in [-0.39, 0.29) is 12.3 Å². The molecule has 0 aliphatic carbocycles. The van der Waals surface area contributed by atoms with Gasteiger partial charge >= 0.3 is 5.97 Å². The van der Waals surface area contributed by atoms with Gasteiger partial charge in [0.15, 0.2) is 0 Å². The highest BCUT2D eigenvalue weighted by molar-refractivity contribution is 5.94. The molecule has 0 heterocycles. The number of rotatable bonds is 13. The third-order valence-corrected chi connectivity index (χ3v) is 5.62. The molecule has 0 saturated carbocycles. The first kappa shape index (κ1) is 28.5. The van der Waals surface area contributed by atoms with Crippen LogP contribution in [0.15, 0.2) is 60.7 Å². The molecule has 194 valence electrons. The Morgan fingerprint density at radius 3 is 1.69 bits per heavy atom. The fourth-order valence-electron chi connectivity index (χ4n) is 3.65. The van der Waals surface area contributed by atoms with Crippen molar-refractivity contribution in [2.75, 3.05) is 0 Å². The number of carbonyl (C=O) groups is 4. The number of carboxylic acid groups (broad SMARTS) is 1. The Kier molecular flexibility index (Phi) is 11.1. The fourth-order valence-corrected chi connectivity index (χ4v) is 3.65. The Morgan fingerprint density at radius 2 is 1.19 bits per heavy atom. The number of aliphatic carboxylic acids is 1. The van der Waals surface area contributed by atoms with Crippen LogP contribution < -0.4 is 21.7 Å². The van der Waals surface area contributed by atoms with Crippen molar-refractivity contribution in [3.63, 3.8) is 0 Å². The molecule has 0 aromatic heterocycles. The molecule has 0 aliphatic heterocycles. The predicted molar refractivity (Wildman–Crippen MR) is 137 cm³/mol. The molecule has 0 aliphatic rings. The third-order valence-electron chi connectivity index (χ3n) is 5.62. The number of hydrogen-bond acceptors (Lipinski definition) is 5. The van der Waals surface area contributed by atoms with Crippen LogP contribution in [0.3, 0.4) is 0 Å². The summed E-state index contributed by atoms with van der Waals surface area (Å²) in [7, 11) is 0. The van der Waals surface area contributed by atoms with E-state index in [1.54, 1.807) is 0 Å². The van der Waals surface area contributed by atoms with Crippen molar-refractivity contribution in [1.29, 1.82) is 0 Å². The van der Waals surface area contributed by atoms with Gasteiger partial charge in [-0.2, -0.15) is 0 Å². The number of amides is 3. The van der Waals surface area contributed by atoms with Gasteiger partial charge in [0, 0.05) is 6.42 Å². The number of carbonyl (C=O) groups excluding carboxylic acids is 3. The van der Waals surface area contributed by atoms with Crippen LogP contribution in [0.2, 0.25) is 0 Å². The second-order valence-electron chi connectivity index (χ2n) is 9.31. The first-order valence-corrected chi connectivity index (χ1v) is 12.0. The topological polar surface area (TPSA) is 151 Å². The largest absolute Gasteiger partial charge is 0.480 e. The standard InChI is InChI=1S/C27H36N4O5/c1-17(2)14-22(25(33)29-18(3)27(35)36)31-26(34)23(16-20-12-8-5-9-13-20)30-24(32)21(28)15-19-10-6-4-7-11-19/h4-13,17-18,21-23H,14-16,28H2,1-3H3,(H,29,33)(H,30,32)(H,31,34)(H,35,36). The van der Waals surface area contributed by atoms with Gasteiger partial charge in [-0.1, -0.05) is 74.5 Å². The van der Waals surface area contributed by atoms with E-state index in [1.165, 1.54) is 6.92 Å². The van der Waals surface area contributed by atoms with Gasteiger partial charge in [-0.15, -0.1) is 0 Å². The van der Waals surface area contributed by atoms with Gasteiger partial charge in [0.1, 0.15) is 18.1 Å². The van der Waals surface area contributed by atoms with Gasteiger partial charge in [0.05, 0.1) is 6.04 Å². The monoisotopic (exact) mass is 496 g/mol. The maximum Gasteiger partial charge on any atom is 0.325 e. The second-order valence-corrected chi connectivity index (χ2v) is 9.31. The lowest BCUT2D eigenvalue weighted by molar-refractivity contribution is -0.141. The van der Waals surface area contributed by atoms with Crippen molar-refractivity contribution in [1.82, 2.24) is 16.0 Å². The number of benzene rings is 2. The Balaban J connectivity index is 2.18. The summed E-state index contributed by atoms with van der Waals surface area (Å²) >= 11 is 0. The van der Waals surface area contributed by atoms with Crippen LogP contribution in [0.5, 0.6) is 0 Å². The van der Waals surface area contributed by atoms with E-state index < -0.39 is 47.9 Å². The number of carboxylic acids is 1. The summed E-state index contributed by atoms with van der Waals surface area (Å²) in [4.78, 5) is 50.1. The van der Waals surface area contributed by atoms with Gasteiger partial charge in [-0.25, -0.2) is 0 Å². The van der Waals surface area contributed by atoms with Crippen molar-refractivity contribution in [2.24, 2.45) is 11.7 Å². The van der Waals surface area contributed by atoms with Gasteiger partial charge in [-0.05, 0) is 36.8 Å². The lowest BCUT2D eigenvalue weighted by Gasteiger charge is -2.25. The van der Waals surface area contributed by atoms with Crippen molar-refractivity contribution in [3.05, 3.63) is 71.8 Å². The van der Waals surface area contributed by atoms with Gasteiger partial charge in [0.25, 0.3) is 0 Å². The Morgan fingerprint density at radius 1 is 0.722 bits per heavy atom. The minimum Gasteiger partial charge on any atom is -0.480 e.